The smallest absolute Gasteiger partial charge is 0.235 e. The molecule has 1 aliphatic rings. The molecular weight excluding hydrogens is 456 g/mol. The Bertz CT molecular complexity index is 1170. The Morgan fingerprint density at radius 2 is 1.96 bits per heavy atom. The number of hydrogen-bond acceptors (Lipinski definition) is 5. The molecule has 0 saturated carbocycles. The third-order valence-corrected chi connectivity index (χ3v) is 7.46. The fraction of sp³-hybridized carbons (Fsp3) is 0.150. The molecule has 4 aromatic rings. The average Bonchev–Trinajstić information content (AvgIpc) is 3.19. The van der Waals surface area contributed by atoms with Gasteiger partial charge in [-0.05, 0) is 36.8 Å². The summed E-state index contributed by atoms with van der Waals surface area (Å²) >= 11 is 6.69. The van der Waals surface area contributed by atoms with Gasteiger partial charge in [-0.15, -0.1) is 11.8 Å². The van der Waals surface area contributed by atoms with Crippen molar-refractivity contribution >= 4 is 61.0 Å². The molecule has 0 saturated heterocycles. The highest BCUT2D eigenvalue weighted by atomic mass is 79.9. The Morgan fingerprint density at radius 1 is 1.18 bits per heavy atom. The highest BCUT2D eigenvalue weighted by Gasteiger charge is 2.31. The molecule has 3 heterocycles. The molecule has 28 heavy (non-hydrogen) atoms. The summed E-state index contributed by atoms with van der Waals surface area (Å²) in [6, 6.07) is 16.3. The molecule has 8 heteroatoms. The van der Waals surface area contributed by atoms with Gasteiger partial charge in [-0.3, -0.25) is 4.79 Å². The van der Waals surface area contributed by atoms with Crippen LogP contribution in [-0.4, -0.2) is 26.4 Å². The number of carbonyl (C=O) groups excluding carboxylic acids is 1. The number of benzene rings is 2. The molecule has 0 fully saturated rings. The monoisotopic (exact) mass is 470 g/mol. The van der Waals surface area contributed by atoms with Crippen LogP contribution in [0.15, 0.2) is 53.0 Å². The van der Waals surface area contributed by atoms with Crippen LogP contribution in [0.5, 0.6) is 0 Å². The summed E-state index contributed by atoms with van der Waals surface area (Å²) in [6.45, 7) is 1.99. The lowest BCUT2D eigenvalue weighted by molar-refractivity contribution is -0.113. The average molecular weight is 471 g/mol. The molecule has 1 atom stereocenters. The Labute approximate surface area is 178 Å². The van der Waals surface area contributed by atoms with E-state index in [2.05, 4.69) is 33.4 Å². The number of carbonyl (C=O) groups is 1. The van der Waals surface area contributed by atoms with Crippen LogP contribution in [-0.2, 0) is 4.79 Å². The number of anilines is 1. The number of thiazole rings is 1. The number of nitrogens with zero attached hydrogens (tertiary/aromatic N) is 3. The standard InChI is InChI=1S/C20H15BrN4OS2/c1-11-17-18(12-6-8-13(21)9-7-12)27-10-16(26)23-19(17)25(24-11)20-22-14-4-2-3-5-15(14)28-20/h2-9,18H,10H2,1H3,(H,23,26)/t18-/m1/s1. The van der Waals surface area contributed by atoms with Gasteiger partial charge >= 0.3 is 0 Å². The first-order chi connectivity index (χ1) is 13.6. The minimum absolute atomic E-state index is 0.0203. The minimum Gasteiger partial charge on any atom is -0.310 e. The van der Waals surface area contributed by atoms with Crippen molar-refractivity contribution in [2.45, 2.75) is 12.2 Å². The second-order valence-corrected chi connectivity index (χ2v) is 9.53. The third-order valence-electron chi connectivity index (χ3n) is 4.64. The lowest BCUT2D eigenvalue weighted by atomic mass is 10.0. The van der Waals surface area contributed by atoms with E-state index in [1.165, 1.54) is 0 Å². The summed E-state index contributed by atoms with van der Waals surface area (Å²) in [6.07, 6.45) is 0. The van der Waals surface area contributed by atoms with E-state index in [1.807, 2.05) is 43.3 Å². The number of hydrogen-bond donors (Lipinski definition) is 1. The first-order valence-electron chi connectivity index (χ1n) is 8.72. The van der Waals surface area contributed by atoms with E-state index < -0.39 is 0 Å². The Kier molecular flexibility index (Phi) is 4.49. The number of nitrogens with one attached hydrogen (secondary N) is 1. The lowest BCUT2D eigenvalue weighted by Gasteiger charge is -2.15. The summed E-state index contributed by atoms with van der Waals surface area (Å²) < 4.78 is 3.91. The molecule has 5 rings (SSSR count). The zero-order valence-electron chi connectivity index (χ0n) is 14.8. The predicted molar refractivity (Wildman–Crippen MR) is 119 cm³/mol. The maximum absolute atomic E-state index is 12.4. The predicted octanol–water partition coefficient (Wildman–Crippen LogP) is 5.33. The van der Waals surface area contributed by atoms with Gasteiger partial charge in [-0.2, -0.15) is 9.78 Å². The zero-order chi connectivity index (χ0) is 19.3. The molecule has 0 spiro atoms. The summed E-state index contributed by atoms with van der Waals surface area (Å²) in [5.41, 5.74) is 4.02. The number of fused-ring (bicyclic) bond motifs is 2. The molecule has 1 N–H and O–H groups in total. The van der Waals surface area contributed by atoms with Crippen molar-refractivity contribution in [2.24, 2.45) is 0 Å². The molecule has 1 amide bonds. The van der Waals surface area contributed by atoms with Crippen LogP contribution in [0.4, 0.5) is 5.82 Å². The summed E-state index contributed by atoms with van der Waals surface area (Å²) in [7, 11) is 0. The quantitative estimate of drug-likeness (QED) is 0.430. The fourth-order valence-electron chi connectivity index (χ4n) is 3.37. The molecule has 1 aliphatic heterocycles. The van der Waals surface area contributed by atoms with Crippen LogP contribution in [0.25, 0.3) is 15.3 Å². The highest BCUT2D eigenvalue weighted by Crippen LogP contribution is 2.44. The number of aromatic nitrogens is 3. The highest BCUT2D eigenvalue weighted by molar-refractivity contribution is 9.10. The van der Waals surface area contributed by atoms with E-state index in [0.717, 1.165) is 42.5 Å². The van der Waals surface area contributed by atoms with Crippen molar-refractivity contribution in [1.82, 2.24) is 14.8 Å². The molecule has 0 aliphatic carbocycles. The van der Waals surface area contributed by atoms with Crippen molar-refractivity contribution in [3.05, 3.63) is 69.8 Å². The van der Waals surface area contributed by atoms with E-state index in [9.17, 15) is 4.79 Å². The van der Waals surface area contributed by atoms with Crippen molar-refractivity contribution in [3.8, 4) is 5.13 Å². The maximum Gasteiger partial charge on any atom is 0.235 e. The maximum atomic E-state index is 12.4. The Hall–Kier alpha value is -2.16. The van der Waals surface area contributed by atoms with Gasteiger partial charge in [0.15, 0.2) is 0 Å². The molecule has 140 valence electrons. The molecule has 0 radical (unpaired) electrons. The number of rotatable bonds is 2. The number of para-hydroxylation sites is 1. The SMILES string of the molecule is Cc1nn(-c2nc3ccccc3s2)c2c1[C@@H](c1ccc(Br)cc1)SCC(=O)N2. The van der Waals surface area contributed by atoms with Crippen LogP contribution < -0.4 is 5.32 Å². The molecule has 5 nitrogen and oxygen atoms in total. The number of halogens is 1. The van der Waals surface area contributed by atoms with Crippen LogP contribution >= 0.6 is 39.0 Å². The first-order valence-corrected chi connectivity index (χ1v) is 11.4. The number of amides is 1. The van der Waals surface area contributed by atoms with Crippen LogP contribution in [0.1, 0.15) is 22.1 Å². The topological polar surface area (TPSA) is 59.8 Å². The van der Waals surface area contributed by atoms with Crippen molar-refractivity contribution in [2.75, 3.05) is 11.1 Å². The van der Waals surface area contributed by atoms with Gasteiger partial charge in [-0.25, -0.2) is 4.98 Å². The van der Waals surface area contributed by atoms with Crippen LogP contribution in [0.2, 0.25) is 0 Å². The van der Waals surface area contributed by atoms with Gasteiger partial charge in [-0.1, -0.05) is 51.5 Å². The van der Waals surface area contributed by atoms with Crippen molar-refractivity contribution in [1.29, 1.82) is 0 Å². The van der Waals surface area contributed by atoms with Gasteiger partial charge in [0.2, 0.25) is 11.0 Å². The summed E-state index contributed by atoms with van der Waals surface area (Å²) in [4.78, 5) is 17.2. The van der Waals surface area contributed by atoms with Crippen molar-refractivity contribution in [3.63, 3.8) is 0 Å². The number of thioether (sulfide) groups is 1. The Morgan fingerprint density at radius 3 is 2.75 bits per heavy atom. The van der Waals surface area contributed by atoms with E-state index in [-0.39, 0.29) is 11.2 Å². The fourth-order valence-corrected chi connectivity index (χ4v) is 5.75. The number of aryl methyl sites for hydroxylation is 1. The second kappa shape index (κ2) is 7.02. The van der Waals surface area contributed by atoms with Gasteiger partial charge in [0, 0.05) is 10.0 Å². The Balaban J connectivity index is 1.69. The first kappa shape index (κ1) is 17.9. The lowest BCUT2D eigenvalue weighted by Crippen LogP contribution is -2.15. The van der Waals surface area contributed by atoms with Crippen LogP contribution in [0.3, 0.4) is 0 Å². The second-order valence-electron chi connectivity index (χ2n) is 6.51. The van der Waals surface area contributed by atoms with Gasteiger partial charge in [0.05, 0.1) is 26.9 Å². The van der Waals surface area contributed by atoms with Crippen LogP contribution in [0, 0.1) is 6.92 Å². The van der Waals surface area contributed by atoms with E-state index in [0.29, 0.717) is 5.75 Å². The molecule has 0 unspecified atom stereocenters. The zero-order valence-corrected chi connectivity index (χ0v) is 18.1. The normalized spacial score (nSPS) is 16.6. The minimum atomic E-state index is -0.0203. The largest absolute Gasteiger partial charge is 0.310 e. The molecule has 0 bridgehead atoms. The third kappa shape index (κ3) is 3.05. The van der Waals surface area contributed by atoms with E-state index in [1.54, 1.807) is 27.8 Å². The van der Waals surface area contributed by atoms with Gasteiger partial charge in [0.25, 0.3) is 0 Å². The van der Waals surface area contributed by atoms with Gasteiger partial charge in [0.1, 0.15) is 5.82 Å². The van der Waals surface area contributed by atoms with Crippen molar-refractivity contribution < 1.29 is 4.79 Å². The summed E-state index contributed by atoms with van der Waals surface area (Å²) in [5, 5.41) is 8.61. The van der Waals surface area contributed by atoms with E-state index >= 15 is 0 Å². The molecule has 2 aromatic carbocycles. The van der Waals surface area contributed by atoms with Gasteiger partial charge < -0.3 is 5.32 Å². The summed E-state index contributed by atoms with van der Waals surface area (Å²) in [5.74, 6) is 1.10. The van der Waals surface area contributed by atoms with E-state index in [4.69, 9.17) is 10.1 Å². The molecule has 2 aromatic heterocycles. The molecular formula is C20H15BrN4OS2.